The highest BCUT2D eigenvalue weighted by atomic mass is 16.5. The molecule has 2 nitrogen and oxygen atoms in total. The lowest BCUT2D eigenvalue weighted by atomic mass is 9.81. The van der Waals surface area contributed by atoms with Crippen molar-refractivity contribution in [1.82, 2.24) is 0 Å². The number of benzene rings is 4. The van der Waals surface area contributed by atoms with Crippen molar-refractivity contribution < 1.29 is 9.47 Å². The van der Waals surface area contributed by atoms with Gasteiger partial charge in [0.25, 0.3) is 0 Å². The molecule has 0 amide bonds. The summed E-state index contributed by atoms with van der Waals surface area (Å²) in [5.41, 5.74) is 12.8. The molecule has 0 saturated heterocycles. The largest absolute Gasteiger partial charge is 0.496 e. The first-order valence-electron chi connectivity index (χ1n) is 13.8. The van der Waals surface area contributed by atoms with E-state index in [0.29, 0.717) is 0 Å². The molecule has 2 heteroatoms. The number of methoxy groups -OCH3 is 2. The molecular weight excluding hydrogens is 464 g/mol. The van der Waals surface area contributed by atoms with Gasteiger partial charge in [0.15, 0.2) is 0 Å². The van der Waals surface area contributed by atoms with E-state index in [1.807, 2.05) is 0 Å². The third kappa shape index (κ3) is 4.28. The van der Waals surface area contributed by atoms with Crippen molar-refractivity contribution in [2.75, 3.05) is 14.2 Å². The zero-order valence-electron chi connectivity index (χ0n) is 24.8. The first-order valence-corrected chi connectivity index (χ1v) is 13.8. The Labute approximate surface area is 229 Å². The molecule has 0 fully saturated rings. The summed E-state index contributed by atoms with van der Waals surface area (Å²) in [5, 5.41) is 2.81. The Kier molecular flexibility index (Phi) is 6.37. The quantitative estimate of drug-likeness (QED) is 0.274. The molecule has 0 heterocycles. The Bertz CT molecular complexity index is 1440. The molecule has 1 aliphatic rings. The standard InChI is InChI=1S/C36H42O2/c1-21-17-25(19-29(33(21)37-9)35(3,4)5)27-15-13-23-11-12-24-14-16-28(32(27)31(23)24)26-18-22(2)34(38-10)30(20-26)36(6,7)8/h13-20H,11-12H2,1-10H3. The first kappa shape index (κ1) is 26.4. The van der Waals surface area contributed by atoms with E-state index in [1.165, 1.54) is 66.4 Å². The molecule has 0 radical (unpaired) electrons. The fraction of sp³-hybridized carbons (Fsp3) is 0.389. The van der Waals surface area contributed by atoms with Crippen LogP contribution in [0.3, 0.4) is 0 Å². The van der Waals surface area contributed by atoms with Crippen LogP contribution in [0, 0.1) is 13.8 Å². The highest BCUT2D eigenvalue weighted by Gasteiger charge is 2.26. The highest BCUT2D eigenvalue weighted by molar-refractivity contribution is 6.10. The normalized spacial score (nSPS) is 13.3. The Morgan fingerprint density at radius 3 is 1.29 bits per heavy atom. The molecule has 4 aromatic rings. The Morgan fingerprint density at radius 1 is 0.553 bits per heavy atom. The van der Waals surface area contributed by atoms with Crippen LogP contribution in [0.1, 0.15) is 74.9 Å². The van der Waals surface area contributed by atoms with Crippen molar-refractivity contribution in [1.29, 1.82) is 0 Å². The topological polar surface area (TPSA) is 18.5 Å². The van der Waals surface area contributed by atoms with Crippen LogP contribution in [0.15, 0.2) is 48.5 Å². The van der Waals surface area contributed by atoms with Gasteiger partial charge in [-0.25, -0.2) is 0 Å². The van der Waals surface area contributed by atoms with E-state index in [0.717, 1.165) is 24.3 Å². The lowest BCUT2D eigenvalue weighted by Gasteiger charge is -2.26. The summed E-state index contributed by atoms with van der Waals surface area (Å²) in [6.07, 6.45) is 2.22. The third-order valence-corrected chi connectivity index (χ3v) is 8.19. The first-order chi connectivity index (χ1) is 17.8. The predicted molar refractivity (Wildman–Crippen MR) is 162 cm³/mol. The van der Waals surface area contributed by atoms with Crippen LogP contribution in [0.5, 0.6) is 11.5 Å². The molecule has 198 valence electrons. The minimum absolute atomic E-state index is 0.0293. The Hall–Kier alpha value is -3.26. The minimum atomic E-state index is -0.0293. The predicted octanol–water partition coefficient (Wildman–Crippen LogP) is 9.50. The molecule has 0 aromatic heterocycles. The maximum absolute atomic E-state index is 5.89. The molecule has 4 aromatic carbocycles. The van der Waals surface area contributed by atoms with Gasteiger partial charge in [-0.15, -0.1) is 0 Å². The van der Waals surface area contributed by atoms with Crippen LogP contribution in [0.25, 0.3) is 33.0 Å². The summed E-state index contributed by atoms with van der Waals surface area (Å²) in [5.74, 6) is 1.99. The zero-order chi connectivity index (χ0) is 27.6. The number of aryl methyl sites for hydroxylation is 4. The summed E-state index contributed by atoms with van der Waals surface area (Å²) in [7, 11) is 3.57. The van der Waals surface area contributed by atoms with Gasteiger partial charge in [-0.1, -0.05) is 65.8 Å². The third-order valence-electron chi connectivity index (χ3n) is 8.19. The number of hydrogen-bond donors (Lipinski definition) is 0. The van der Waals surface area contributed by atoms with Gasteiger partial charge in [0.1, 0.15) is 11.5 Å². The molecular formula is C36H42O2. The fourth-order valence-corrected chi connectivity index (χ4v) is 6.33. The number of ether oxygens (including phenoxy) is 2. The molecule has 0 saturated carbocycles. The molecule has 1 aliphatic carbocycles. The molecule has 38 heavy (non-hydrogen) atoms. The Morgan fingerprint density at radius 2 is 0.947 bits per heavy atom. The van der Waals surface area contributed by atoms with E-state index >= 15 is 0 Å². The van der Waals surface area contributed by atoms with Crippen molar-refractivity contribution >= 4 is 10.8 Å². The smallest absolute Gasteiger partial charge is 0.125 e. The summed E-state index contributed by atoms with van der Waals surface area (Å²) in [6.45, 7) is 17.9. The van der Waals surface area contributed by atoms with Crippen molar-refractivity contribution in [3.63, 3.8) is 0 Å². The molecule has 0 aliphatic heterocycles. The van der Waals surface area contributed by atoms with E-state index in [9.17, 15) is 0 Å². The maximum atomic E-state index is 5.89. The maximum Gasteiger partial charge on any atom is 0.125 e. The van der Waals surface area contributed by atoms with Crippen LogP contribution in [-0.4, -0.2) is 14.2 Å². The van der Waals surface area contributed by atoms with Crippen molar-refractivity contribution in [3.05, 3.63) is 81.9 Å². The second kappa shape index (κ2) is 9.19. The molecule has 0 unspecified atom stereocenters. The lowest BCUT2D eigenvalue weighted by molar-refractivity contribution is 0.394. The van der Waals surface area contributed by atoms with E-state index in [2.05, 4.69) is 104 Å². The van der Waals surface area contributed by atoms with Gasteiger partial charge >= 0.3 is 0 Å². The molecule has 0 spiro atoms. The van der Waals surface area contributed by atoms with E-state index in [1.54, 1.807) is 14.2 Å². The molecule has 5 rings (SSSR count). The van der Waals surface area contributed by atoms with Crippen LogP contribution in [0.2, 0.25) is 0 Å². The van der Waals surface area contributed by atoms with Gasteiger partial charge in [-0.3, -0.25) is 0 Å². The van der Waals surface area contributed by atoms with Crippen LogP contribution in [-0.2, 0) is 23.7 Å². The lowest BCUT2D eigenvalue weighted by Crippen LogP contribution is -2.14. The van der Waals surface area contributed by atoms with Crippen molar-refractivity contribution in [2.24, 2.45) is 0 Å². The SMILES string of the molecule is COc1c(C)cc(-c2ccc3c4c(ccc(-c5cc(C)c(OC)c(C(C)(C)C)c5)c24)CC3)cc1C(C)(C)C. The van der Waals surface area contributed by atoms with Gasteiger partial charge in [-0.2, -0.15) is 0 Å². The second-order valence-corrected chi connectivity index (χ2v) is 13.0. The van der Waals surface area contributed by atoms with Crippen LogP contribution < -0.4 is 9.47 Å². The van der Waals surface area contributed by atoms with Crippen molar-refractivity contribution in [3.8, 4) is 33.8 Å². The number of rotatable bonds is 4. The Balaban J connectivity index is 1.87. The molecule has 0 N–H and O–H groups in total. The fourth-order valence-electron chi connectivity index (χ4n) is 6.33. The average molecular weight is 507 g/mol. The molecule has 0 bridgehead atoms. The number of hydrogen-bond acceptors (Lipinski definition) is 2. The minimum Gasteiger partial charge on any atom is -0.496 e. The second-order valence-electron chi connectivity index (χ2n) is 13.0. The summed E-state index contributed by atoms with van der Waals surface area (Å²) in [4.78, 5) is 0. The van der Waals surface area contributed by atoms with Gasteiger partial charge in [0, 0.05) is 11.1 Å². The zero-order valence-corrected chi connectivity index (χ0v) is 24.8. The summed E-state index contributed by atoms with van der Waals surface area (Å²) in [6, 6.07) is 18.7. The van der Waals surface area contributed by atoms with Gasteiger partial charge in [-0.05, 0) is 117 Å². The van der Waals surface area contributed by atoms with Crippen LogP contribution in [0.4, 0.5) is 0 Å². The summed E-state index contributed by atoms with van der Waals surface area (Å²) < 4.78 is 11.8. The monoisotopic (exact) mass is 506 g/mol. The van der Waals surface area contributed by atoms with E-state index < -0.39 is 0 Å². The van der Waals surface area contributed by atoms with Gasteiger partial charge in [0.2, 0.25) is 0 Å². The van der Waals surface area contributed by atoms with E-state index in [-0.39, 0.29) is 10.8 Å². The van der Waals surface area contributed by atoms with Gasteiger partial charge in [0.05, 0.1) is 14.2 Å². The van der Waals surface area contributed by atoms with Gasteiger partial charge < -0.3 is 9.47 Å². The van der Waals surface area contributed by atoms with E-state index in [4.69, 9.17) is 9.47 Å². The molecule has 0 atom stereocenters. The van der Waals surface area contributed by atoms with Crippen LogP contribution >= 0.6 is 0 Å². The highest BCUT2D eigenvalue weighted by Crippen LogP contribution is 2.46. The van der Waals surface area contributed by atoms with Crippen molar-refractivity contribution in [2.45, 2.75) is 79.1 Å². The average Bonchev–Trinajstić information content (AvgIpc) is 3.26. The summed E-state index contributed by atoms with van der Waals surface area (Å²) >= 11 is 0.